The van der Waals surface area contributed by atoms with Crippen molar-refractivity contribution in [3.05, 3.63) is 59.2 Å². The van der Waals surface area contributed by atoms with Gasteiger partial charge in [-0.2, -0.15) is 0 Å². The van der Waals surface area contributed by atoms with Crippen molar-refractivity contribution in [2.75, 3.05) is 38.7 Å². The number of hydrogen-bond acceptors (Lipinski definition) is 6. The van der Waals surface area contributed by atoms with Gasteiger partial charge < -0.3 is 14.8 Å². The van der Waals surface area contributed by atoms with Crippen LogP contribution < -0.4 is 20.9 Å². The highest BCUT2D eigenvalue weighted by molar-refractivity contribution is 6.09. The summed E-state index contributed by atoms with van der Waals surface area (Å²) in [4.78, 5) is 15.5. The molecule has 7 nitrogen and oxygen atoms in total. The fourth-order valence-corrected chi connectivity index (χ4v) is 7.39. The van der Waals surface area contributed by atoms with Crippen LogP contribution >= 0.6 is 0 Å². The Morgan fingerprint density at radius 3 is 2.76 bits per heavy atom. The third-order valence-electron chi connectivity index (χ3n) is 9.58. The van der Waals surface area contributed by atoms with Crippen LogP contribution in [0.15, 0.2) is 42.5 Å². The molecule has 198 valence electrons. The summed E-state index contributed by atoms with van der Waals surface area (Å²) in [6.45, 7) is 4.63. The summed E-state index contributed by atoms with van der Waals surface area (Å²) in [5.74, 6) is 9.36. The maximum Gasteiger partial charge on any atom is 0.235 e. The Morgan fingerprint density at radius 2 is 1.95 bits per heavy atom. The number of anilines is 1. The van der Waals surface area contributed by atoms with Crippen LogP contribution in [-0.2, 0) is 21.5 Å². The topological polar surface area (TPSA) is 74.9 Å². The van der Waals surface area contributed by atoms with Crippen molar-refractivity contribution in [3.63, 3.8) is 0 Å². The van der Waals surface area contributed by atoms with Gasteiger partial charge in [0.25, 0.3) is 0 Å². The monoisotopic (exact) mass is 512 g/mol. The maximum atomic E-state index is 13.1. The highest BCUT2D eigenvalue weighted by Gasteiger charge is 2.67. The van der Waals surface area contributed by atoms with E-state index in [1.54, 1.807) is 7.11 Å². The van der Waals surface area contributed by atoms with Gasteiger partial charge in [-0.1, -0.05) is 24.0 Å². The molecule has 3 aliphatic heterocycles. The molecule has 5 aliphatic rings. The van der Waals surface area contributed by atoms with Crippen molar-refractivity contribution in [3.8, 4) is 17.6 Å². The van der Waals surface area contributed by atoms with Gasteiger partial charge in [0.2, 0.25) is 5.91 Å². The van der Waals surface area contributed by atoms with Gasteiger partial charge in [-0.3, -0.25) is 15.1 Å². The second-order valence-electron chi connectivity index (χ2n) is 11.6. The average Bonchev–Trinajstić information content (AvgIpc) is 3.50. The Balaban J connectivity index is 0.976. The molecule has 0 aromatic heterocycles. The van der Waals surface area contributed by atoms with E-state index in [1.165, 1.54) is 5.56 Å². The zero-order valence-corrected chi connectivity index (χ0v) is 22.0. The lowest BCUT2D eigenvalue weighted by atomic mass is 9.73. The first-order chi connectivity index (χ1) is 18.6. The Hall–Kier alpha value is -2.89. The molecule has 38 heavy (non-hydrogen) atoms. The Kier molecular flexibility index (Phi) is 6.17. The molecule has 2 aromatic carbocycles. The molecule has 0 bridgehead atoms. The van der Waals surface area contributed by atoms with Gasteiger partial charge in [-0.05, 0) is 79.0 Å². The molecular weight excluding hydrogens is 476 g/mol. The van der Waals surface area contributed by atoms with Gasteiger partial charge in [0, 0.05) is 42.8 Å². The SMILES string of the molecule is COc1ccc2c(c1)[C@]1(C[C@H]1C1CCC3C(C#Cc4ccc(CN5CCOCC5)cc4)NNC3C1)C(=O)N2. The molecule has 0 radical (unpaired) electrons. The van der Waals surface area contributed by atoms with Crippen LogP contribution in [0.1, 0.15) is 42.4 Å². The van der Waals surface area contributed by atoms with Crippen molar-refractivity contribution >= 4 is 11.6 Å². The molecule has 6 atom stereocenters. The summed E-state index contributed by atoms with van der Waals surface area (Å²) >= 11 is 0. The van der Waals surface area contributed by atoms with E-state index in [0.717, 1.165) is 81.1 Å². The first kappa shape index (κ1) is 24.2. The van der Waals surface area contributed by atoms with Crippen molar-refractivity contribution in [1.82, 2.24) is 15.8 Å². The summed E-state index contributed by atoms with van der Waals surface area (Å²) in [6, 6.07) is 15.2. The summed E-state index contributed by atoms with van der Waals surface area (Å²) < 4.78 is 10.9. The second-order valence-corrected chi connectivity index (χ2v) is 11.6. The van der Waals surface area contributed by atoms with Crippen LogP contribution in [-0.4, -0.2) is 56.3 Å². The van der Waals surface area contributed by atoms with Gasteiger partial charge in [-0.15, -0.1) is 0 Å². The quantitative estimate of drug-likeness (QED) is 0.547. The van der Waals surface area contributed by atoms with Crippen molar-refractivity contribution in [2.45, 2.75) is 49.7 Å². The summed E-state index contributed by atoms with van der Waals surface area (Å²) in [5.41, 5.74) is 11.1. The van der Waals surface area contributed by atoms with Crippen LogP contribution in [0.25, 0.3) is 0 Å². The lowest BCUT2D eigenvalue weighted by molar-refractivity contribution is -0.118. The third-order valence-corrected chi connectivity index (χ3v) is 9.58. The van der Waals surface area contributed by atoms with Gasteiger partial charge in [0.1, 0.15) is 5.75 Å². The molecule has 2 aromatic rings. The molecular formula is C31H36N4O3. The second kappa shape index (κ2) is 9.69. The van der Waals surface area contributed by atoms with E-state index in [-0.39, 0.29) is 17.4 Å². The molecule has 4 fully saturated rings. The Labute approximate surface area is 224 Å². The third kappa shape index (κ3) is 4.20. The number of carbonyl (C=O) groups excluding carboxylic acids is 1. The number of carbonyl (C=O) groups is 1. The number of ether oxygens (including phenoxy) is 2. The average molecular weight is 513 g/mol. The summed E-state index contributed by atoms with van der Waals surface area (Å²) in [5, 5.41) is 3.13. The zero-order chi connectivity index (χ0) is 25.7. The van der Waals surface area contributed by atoms with E-state index < -0.39 is 0 Å². The minimum Gasteiger partial charge on any atom is -0.497 e. The number of fused-ring (bicyclic) bond motifs is 3. The van der Waals surface area contributed by atoms with Crippen molar-refractivity contribution in [2.24, 2.45) is 17.8 Å². The number of morpholine rings is 1. The number of hydrogen-bond donors (Lipinski definition) is 3. The van der Waals surface area contributed by atoms with Gasteiger partial charge in [-0.25, -0.2) is 5.43 Å². The van der Waals surface area contributed by atoms with Crippen LogP contribution in [0.4, 0.5) is 5.69 Å². The predicted molar refractivity (Wildman–Crippen MR) is 146 cm³/mol. The van der Waals surface area contributed by atoms with Crippen LogP contribution in [0.3, 0.4) is 0 Å². The van der Waals surface area contributed by atoms with Gasteiger partial charge in [0.05, 0.1) is 31.8 Å². The van der Waals surface area contributed by atoms with Crippen LogP contribution in [0.2, 0.25) is 0 Å². The van der Waals surface area contributed by atoms with Crippen LogP contribution in [0, 0.1) is 29.6 Å². The molecule has 2 saturated heterocycles. The normalized spacial score (nSPS) is 33.7. The molecule has 2 saturated carbocycles. The van der Waals surface area contributed by atoms with E-state index in [1.807, 2.05) is 12.1 Å². The number of hydrazine groups is 1. The number of rotatable bonds is 4. The molecule has 1 spiro atoms. The van der Waals surface area contributed by atoms with Crippen molar-refractivity contribution < 1.29 is 14.3 Å². The first-order valence-electron chi connectivity index (χ1n) is 14.1. The number of benzene rings is 2. The largest absolute Gasteiger partial charge is 0.497 e. The van der Waals surface area contributed by atoms with Crippen LogP contribution in [0.5, 0.6) is 5.75 Å². The predicted octanol–water partition coefficient (Wildman–Crippen LogP) is 3.05. The number of methoxy groups -OCH3 is 1. The lowest BCUT2D eigenvalue weighted by Gasteiger charge is -2.33. The molecule has 4 unspecified atom stereocenters. The van der Waals surface area contributed by atoms with E-state index in [2.05, 4.69) is 63.2 Å². The highest BCUT2D eigenvalue weighted by atomic mass is 16.5. The fraction of sp³-hybridized carbons (Fsp3) is 0.516. The first-order valence-corrected chi connectivity index (χ1v) is 14.1. The smallest absolute Gasteiger partial charge is 0.235 e. The maximum absolute atomic E-state index is 13.1. The highest BCUT2D eigenvalue weighted by Crippen LogP contribution is 2.65. The molecule has 2 aliphatic carbocycles. The van der Waals surface area contributed by atoms with E-state index >= 15 is 0 Å². The van der Waals surface area contributed by atoms with Gasteiger partial charge in [0.15, 0.2) is 0 Å². The van der Waals surface area contributed by atoms with Crippen molar-refractivity contribution in [1.29, 1.82) is 0 Å². The number of nitrogens with one attached hydrogen (secondary N) is 3. The Bertz CT molecular complexity index is 1280. The minimum atomic E-state index is -0.361. The van der Waals surface area contributed by atoms with E-state index in [9.17, 15) is 4.79 Å². The fourth-order valence-electron chi connectivity index (χ4n) is 7.39. The molecule has 3 N–H and O–H groups in total. The molecule has 7 heteroatoms. The van der Waals surface area contributed by atoms with Gasteiger partial charge >= 0.3 is 0 Å². The number of amides is 1. The van der Waals surface area contributed by atoms with E-state index in [0.29, 0.717) is 23.8 Å². The summed E-state index contributed by atoms with van der Waals surface area (Å²) in [6.07, 6.45) is 4.31. The lowest BCUT2D eigenvalue weighted by Crippen LogP contribution is -2.37. The minimum absolute atomic E-state index is 0.155. The molecule has 3 heterocycles. The molecule has 1 amide bonds. The number of nitrogens with zero attached hydrogens (tertiary/aromatic N) is 1. The Morgan fingerprint density at radius 1 is 1.11 bits per heavy atom. The molecule has 7 rings (SSSR count). The van der Waals surface area contributed by atoms with E-state index in [4.69, 9.17) is 9.47 Å². The summed E-state index contributed by atoms with van der Waals surface area (Å²) in [7, 11) is 1.68. The standard InChI is InChI=1S/C31H36N4O3/c1-37-23-8-11-28-25(17-23)31(30(36)32-28)18-26(31)22-7-9-24-27(33-34-29(24)16-22)10-6-20-2-4-21(5-3-20)19-35-12-14-38-15-13-35/h2-5,8,11,17,22,24,26-27,29,33-34H,7,9,12-16,18-19H2,1H3,(H,32,36)/t22?,24?,26-,27?,29?,31-/m0/s1. The zero-order valence-electron chi connectivity index (χ0n) is 22.0.